The van der Waals surface area contributed by atoms with Crippen LogP contribution in [0.1, 0.15) is 18.6 Å². The summed E-state index contributed by atoms with van der Waals surface area (Å²) >= 11 is 18.7. The van der Waals surface area contributed by atoms with Gasteiger partial charge in [-0.1, -0.05) is 47.2 Å². The predicted molar refractivity (Wildman–Crippen MR) is 113 cm³/mol. The van der Waals surface area contributed by atoms with Crippen molar-refractivity contribution in [2.45, 2.75) is 18.9 Å². The predicted octanol–water partition coefficient (Wildman–Crippen LogP) is 5.63. The summed E-state index contributed by atoms with van der Waals surface area (Å²) in [5, 5.41) is 0.948. The molecule has 1 aromatic carbocycles. The van der Waals surface area contributed by atoms with Crippen molar-refractivity contribution in [1.29, 1.82) is 0 Å². The summed E-state index contributed by atoms with van der Waals surface area (Å²) in [6.07, 6.45) is 3.77. The lowest BCUT2D eigenvalue weighted by atomic mass is 10.2. The Morgan fingerprint density at radius 1 is 1.26 bits per heavy atom. The number of furan rings is 1. The molecule has 8 heteroatoms. The Morgan fingerprint density at radius 2 is 2.11 bits per heavy atom. The minimum absolute atomic E-state index is 0.0664. The number of hydrogen-bond acceptors (Lipinski definition) is 5. The Labute approximate surface area is 176 Å². The quantitative estimate of drug-likeness (QED) is 0.455. The lowest BCUT2D eigenvalue weighted by Crippen LogP contribution is -2.35. The van der Waals surface area contributed by atoms with Crippen LogP contribution in [0.5, 0.6) is 0 Å². The highest BCUT2D eigenvalue weighted by Crippen LogP contribution is 2.35. The molecular weight excluding hydrogens is 425 g/mol. The molecule has 2 aliphatic heterocycles. The van der Waals surface area contributed by atoms with Crippen molar-refractivity contribution in [3.8, 4) is 11.3 Å². The zero-order valence-electron chi connectivity index (χ0n) is 14.1. The van der Waals surface area contributed by atoms with E-state index < -0.39 is 0 Å². The van der Waals surface area contributed by atoms with Gasteiger partial charge in [0, 0.05) is 18.2 Å². The number of nitrogens with zero attached hydrogens (tertiary/aromatic N) is 1. The van der Waals surface area contributed by atoms with E-state index in [9.17, 15) is 4.79 Å². The standard InChI is InChI=1S/C19H15Cl2NO3S2/c20-14-5-3-11(8-15(14)21)16-6-4-12(25-16)9-17-18(23)22(19(26)27-17)10-13-2-1-7-24-13/h3-6,8-9,13H,1-2,7,10H2/b17-9-. The van der Waals surface area contributed by atoms with Gasteiger partial charge in [-0.3, -0.25) is 9.69 Å². The SMILES string of the molecule is O=C1/C(=C/c2ccc(-c3ccc(Cl)c(Cl)c3)o2)SC(=S)N1CC1CCCO1. The third-order valence-corrected chi connectivity index (χ3v) is 6.50. The molecule has 0 bridgehead atoms. The number of thioether (sulfide) groups is 1. The average Bonchev–Trinajstić information content (AvgIpc) is 3.37. The fourth-order valence-corrected chi connectivity index (χ4v) is 4.57. The van der Waals surface area contributed by atoms with Gasteiger partial charge >= 0.3 is 0 Å². The number of amides is 1. The number of hydrogen-bond donors (Lipinski definition) is 0. The number of rotatable bonds is 4. The average molecular weight is 440 g/mol. The molecule has 0 spiro atoms. The van der Waals surface area contributed by atoms with Crippen LogP contribution in [0.2, 0.25) is 10.0 Å². The minimum atomic E-state index is -0.104. The van der Waals surface area contributed by atoms with E-state index >= 15 is 0 Å². The van der Waals surface area contributed by atoms with Crippen LogP contribution in [0.4, 0.5) is 0 Å². The number of halogens is 2. The van der Waals surface area contributed by atoms with E-state index in [2.05, 4.69) is 0 Å². The number of ether oxygens (including phenoxy) is 1. The molecule has 4 nitrogen and oxygen atoms in total. The molecule has 2 aromatic rings. The third kappa shape index (κ3) is 4.10. The molecule has 0 aliphatic carbocycles. The fourth-order valence-electron chi connectivity index (χ4n) is 3.01. The van der Waals surface area contributed by atoms with Crippen molar-refractivity contribution in [3.63, 3.8) is 0 Å². The van der Waals surface area contributed by atoms with Crippen molar-refractivity contribution in [2.24, 2.45) is 0 Å². The maximum absolute atomic E-state index is 12.7. The number of carbonyl (C=O) groups is 1. The first-order chi connectivity index (χ1) is 13.0. The first kappa shape index (κ1) is 19.0. The summed E-state index contributed by atoms with van der Waals surface area (Å²) < 4.78 is 12.0. The topological polar surface area (TPSA) is 42.7 Å². The second kappa shape index (κ2) is 7.97. The summed E-state index contributed by atoms with van der Waals surface area (Å²) in [6.45, 7) is 1.26. The van der Waals surface area contributed by atoms with Crippen LogP contribution in [0, 0.1) is 0 Å². The Hall–Kier alpha value is -1.31. The molecule has 140 valence electrons. The lowest BCUT2D eigenvalue weighted by Gasteiger charge is -2.18. The molecule has 1 aromatic heterocycles. The van der Waals surface area contributed by atoms with Gasteiger partial charge in [-0.25, -0.2) is 0 Å². The van der Waals surface area contributed by atoms with Gasteiger partial charge in [-0.2, -0.15) is 0 Å². The molecule has 1 atom stereocenters. The first-order valence-corrected chi connectivity index (χ1v) is 10.4. The van der Waals surface area contributed by atoms with Gasteiger partial charge in [0.15, 0.2) is 0 Å². The van der Waals surface area contributed by atoms with Crippen molar-refractivity contribution in [2.75, 3.05) is 13.2 Å². The highest BCUT2D eigenvalue weighted by atomic mass is 35.5. The van der Waals surface area contributed by atoms with E-state index in [1.165, 1.54) is 11.8 Å². The van der Waals surface area contributed by atoms with Gasteiger partial charge in [0.25, 0.3) is 5.91 Å². The molecule has 2 saturated heterocycles. The van der Waals surface area contributed by atoms with Crippen LogP contribution in [0.3, 0.4) is 0 Å². The van der Waals surface area contributed by atoms with Crippen LogP contribution in [0.15, 0.2) is 39.7 Å². The molecular formula is C19H15Cl2NO3S2. The Bertz CT molecular complexity index is 935. The van der Waals surface area contributed by atoms with Gasteiger partial charge < -0.3 is 9.15 Å². The highest BCUT2D eigenvalue weighted by molar-refractivity contribution is 8.26. The normalized spacial score (nSPS) is 21.6. The van der Waals surface area contributed by atoms with Crippen LogP contribution >= 0.6 is 47.2 Å². The summed E-state index contributed by atoms with van der Waals surface area (Å²) in [5.41, 5.74) is 0.815. The number of benzene rings is 1. The zero-order chi connectivity index (χ0) is 19.0. The smallest absolute Gasteiger partial charge is 0.266 e. The first-order valence-electron chi connectivity index (χ1n) is 8.43. The molecule has 27 heavy (non-hydrogen) atoms. The molecule has 1 unspecified atom stereocenters. The van der Waals surface area contributed by atoms with E-state index in [0.717, 1.165) is 25.0 Å². The van der Waals surface area contributed by atoms with E-state index in [1.807, 2.05) is 18.2 Å². The van der Waals surface area contributed by atoms with E-state index in [4.69, 9.17) is 44.6 Å². The summed E-state index contributed by atoms with van der Waals surface area (Å²) in [5.74, 6) is 1.12. The Balaban J connectivity index is 1.52. The largest absolute Gasteiger partial charge is 0.457 e. The molecule has 3 heterocycles. The lowest BCUT2D eigenvalue weighted by molar-refractivity contribution is -0.123. The molecule has 0 radical (unpaired) electrons. The van der Waals surface area contributed by atoms with Crippen LogP contribution in [-0.4, -0.2) is 34.4 Å². The van der Waals surface area contributed by atoms with Crippen LogP contribution in [0.25, 0.3) is 17.4 Å². The molecule has 4 rings (SSSR count). The summed E-state index contributed by atoms with van der Waals surface area (Å²) in [6, 6.07) is 8.94. The summed E-state index contributed by atoms with van der Waals surface area (Å²) in [7, 11) is 0. The molecule has 2 aliphatic rings. The molecule has 0 N–H and O–H groups in total. The van der Waals surface area contributed by atoms with Gasteiger partial charge in [0.1, 0.15) is 15.8 Å². The Morgan fingerprint density at radius 3 is 2.85 bits per heavy atom. The highest BCUT2D eigenvalue weighted by Gasteiger charge is 2.34. The molecule has 1 amide bonds. The van der Waals surface area contributed by atoms with Gasteiger partial charge in [-0.05, 0) is 43.2 Å². The van der Waals surface area contributed by atoms with Crippen LogP contribution < -0.4 is 0 Å². The second-order valence-electron chi connectivity index (χ2n) is 6.26. The number of carbonyl (C=O) groups excluding carboxylic acids is 1. The van der Waals surface area contributed by atoms with Crippen molar-refractivity contribution >= 4 is 63.5 Å². The second-order valence-corrected chi connectivity index (χ2v) is 8.75. The maximum Gasteiger partial charge on any atom is 0.266 e. The van der Waals surface area contributed by atoms with E-state index in [0.29, 0.717) is 37.3 Å². The van der Waals surface area contributed by atoms with E-state index in [-0.39, 0.29) is 12.0 Å². The van der Waals surface area contributed by atoms with Gasteiger partial charge in [0.2, 0.25) is 0 Å². The van der Waals surface area contributed by atoms with Crippen molar-refractivity contribution in [1.82, 2.24) is 4.90 Å². The monoisotopic (exact) mass is 439 g/mol. The molecule has 2 fully saturated rings. The third-order valence-electron chi connectivity index (χ3n) is 4.39. The van der Waals surface area contributed by atoms with Crippen LogP contribution in [-0.2, 0) is 9.53 Å². The zero-order valence-corrected chi connectivity index (χ0v) is 17.3. The Kier molecular flexibility index (Phi) is 5.62. The maximum atomic E-state index is 12.7. The minimum Gasteiger partial charge on any atom is -0.457 e. The summed E-state index contributed by atoms with van der Waals surface area (Å²) in [4.78, 5) is 14.9. The van der Waals surface area contributed by atoms with Crippen molar-refractivity contribution < 1.29 is 13.9 Å². The van der Waals surface area contributed by atoms with E-state index in [1.54, 1.807) is 23.1 Å². The van der Waals surface area contributed by atoms with Gasteiger partial charge in [0.05, 0.1) is 27.6 Å². The number of thiocarbonyl (C=S) groups is 1. The molecule has 0 saturated carbocycles. The van der Waals surface area contributed by atoms with Gasteiger partial charge in [-0.15, -0.1) is 0 Å². The van der Waals surface area contributed by atoms with Crippen molar-refractivity contribution in [3.05, 3.63) is 51.0 Å². The fraction of sp³-hybridized carbons (Fsp3) is 0.263.